The van der Waals surface area contributed by atoms with Gasteiger partial charge in [-0.25, -0.2) is 0 Å². The molecule has 9 heteroatoms. The Labute approximate surface area is 182 Å². The van der Waals surface area contributed by atoms with Crippen molar-refractivity contribution in [2.45, 2.75) is 19.8 Å². The summed E-state index contributed by atoms with van der Waals surface area (Å²) < 4.78 is 15.8. The van der Waals surface area contributed by atoms with Crippen molar-refractivity contribution in [3.63, 3.8) is 0 Å². The molecule has 0 aliphatic carbocycles. The molecule has 0 amide bonds. The number of halogens is 2. The molecule has 0 aliphatic rings. The van der Waals surface area contributed by atoms with Gasteiger partial charge in [0.05, 0.1) is 32.2 Å². The fourth-order valence-corrected chi connectivity index (χ4v) is 2.19. The van der Waals surface area contributed by atoms with Gasteiger partial charge in [-0.3, -0.25) is 19.6 Å². The Hall–Kier alpha value is -2.64. The van der Waals surface area contributed by atoms with E-state index < -0.39 is 0 Å². The number of hydrogen-bond acceptors (Lipinski definition) is 7. The number of carbonyl (C=O) groups is 2. The van der Waals surface area contributed by atoms with Crippen molar-refractivity contribution < 1.29 is 23.8 Å². The van der Waals surface area contributed by atoms with E-state index in [0.29, 0.717) is 42.4 Å². The monoisotopic (exact) mass is 442 g/mol. The highest BCUT2D eigenvalue weighted by Gasteiger charge is 2.08. The van der Waals surface area contributed by atoms with E-state index in [2.05, 4.69) is 9.97 Å². The first-order valence-corrected chi connectivity index (χ1v) is 8.59. The van der Waals surface area contributed by atoms with Gasteiger partial charge in [-0.15, -0.1) is 24.8 Å². The van der Waals surface area contributed by atoms with Crippen LogP contribution in [0.3, 0.4) is 0 Å². The Balaban J connectivity index is 0.00000392. The van der Waals surface area contributed by atoms with Crippen LogP contribution < -0.4 is 9.47 Å². The normalized spacial score (nSPS) is 9.86. The Morgan fingerprint density at radius 3 is 2.62 bits per heavy atom. The van der Waals surface area contributed by atoms with Crippen LogP contribution in [-0.2, 0) is 9.53 Å². The summed E-state index contributed by atoms with van der Waals surface area (Å²) in [5, 5.41) is 0. The summed E-state index contributed by atoms with van der Waals surface area (Å²) in [6, 6.07) is 5.07. The standard InChI is InChI=1S/C20H22N2O5.2ClH/c1-3-26-20(24)7-5-11-27-18-12-16(22-14-19(18)25-2)8-9-17(23)15-6-4-10-21-13-15;;/h4,6,8-10,12-14H,3,5,7,11H2,1-2H3;2*1H/b9-8+;;. The van der Waals surface area contributed by atoms with Crippen LogP contribution in [0.2, 0.25) is 0 Å². The van der Waals surface area contributed by atoms with E-state index >= 15 is 0 Å². The molecule has 2 aromatic rings. The fourth-order valence-electron chi connectivity index (χ4n) is 2.19. The van der Waals surface area contributed by atoms with E-state index in [1.54, 1.807) is 37.4 Å². The highest BCUT2D eigenvalue weighted by atomic mass is 35.5. The number of esters is 1. The Bertz CT molecular complexity index is 801. The minimum Gasteiger partial charge on any atom is -0.491 e. The second-order valence-corrected chi connectivity index (χ2v) is 5.46. The first-order chi connectivity index (χ1) is 13.1. The van der Waals surface area contributed by atoms with Crippen molar-refractivity contribution in [2.24, 2.45) is 0 Å². The maximum Gasteiger partial charge on any atom is 0.305 e. The smallest absolute Gasteiger partial charge is 0.305 e. The molecule has 29 heavy (non-hydrogen) atoms. The zero-order valence-corrected chi connectivity index (χ0v) is 17.8. The lowest BCUT2D eigenvalue weighted by atomic mass is 10.1. The highest BCUT2D eigenvalue weighted by Crippen LogP contribution is 2.27. The van der Waals surface area contributed by atoms with E-state index in [1.165, 1.54) is 25.6 Å². The minimum absolute atomic E-state index is 0. The van der Waals surface area contributed by atoms with Gasteiger partial charge in [0.1, 0.15) is 0 Å². The molecule has 2 heterocycles. The van der Waals surface area contributed by atoms with Gasteiger partial charge in [0, 0.05) is 30.4 Å². The molecular weight excluding hydrogens is 419 g/mol. The minimum atomic E-state index is -0.250. The van der Waals surface area contributed by atoms with Gasteiger partial charge in [0.15, 0.2) is 17.3 Å². The molecule has 2 rings (SSSR count). The third-order valence-electron chi connectivity index (χ3n) is 3.51. The molecule has 158 valence electrons. The highest BCUT2D eigenvalue weighted by molar-refractivity contribution is 6.06. The van der Waals surface area contributed by atoms with Crippen LogP contribution in [0.25, 0.3) is 6.08 Å². The van der Waals surface area contributed by atoms with Gasteiger partial charge in [0.2, 0.25) is 0 Å². The van der Waals surface area contributed by atoms with Crippen molar-refractivity contribution in [2.75, 3.05) is 20.3 Å². The molecule has 0 radical (unpaired) electrons. The van der Waals surface area contributed by atoms with Gasteiger partial charge in [-0.2, -0.15) is 0 Å². The first kappa shape index (κ1) is 26.4. The van der Waals surface area contributed by atoms with Crippen LogP contribution in [0.4, 0.5) is 0 Å². The van der Waals surface area contributed by atoms with E-state index in [0.717, 1.165) is 0 Å². The summed E-state index contributed by atoms with van der Waals surface area (Å²) in [6.45, 7) is 2.46. The topological polar surface area (TPSA) is 87.6 Å². The van der Waals surface area contributed by atoms with E-state index in [1.807, 2.05) is 0 Å². The third-order valence-corrected chi connectivity index (χ3v) is 3.51. The van der Waals surface area contributed by atoms with Gasteiger partial charge in [0.25, 0.3) is 0 Å². The average Bonchev–Trinajstić information content (AvgIpc) is 2.70. The molecule has 0 atom stereocenters. The summed E-state index contributed by atoms with van der Waals surface area (Å²) >= 11 is 0. The number of ether oxygens (including phenoxy) is 3. The molecule has 2 aromatic heterocycles. The molecule has 0 saturated heterocycles. The Morgan fingerprint density at radius 2 is 1.97 bits per heavy atom. The van der Waals surface area contributed by atoms with Gasteiger partial charge in [-0.05, 0) is 37.6 Å². The Kier molecular flexibility index (Phi) is 13.1. The lowest BCUT2D eigenvalue weighted by molar-refractivity contribution is -0.143. The number of rotatable bonds is 10. The summed E-state index contributed by atoms with van der Waals surface area (Å²) in [6.07, 6.45) is 8.47. The first-order valence-electron chi connectivity index (χ1n) is 8.59. The van der Waals surface area contributed by atoms with Crippen LogP contribution in [0.1, 0.15) is 35.8 Å². The molecule has 0 fully saturated rings. The number of hydrogen-bond donors (Lipinski definition) is 0. The van der Waals surface area contributed by atoms with Crippen molar-refractivity contribution in [3.05, 3.63) is 54.1 Å². The van der Waals surface area contributed by atoms with Crippen LogP contribution in [-0.4, -0.2) is 42.0 Å². The molecule has 0 aliphatic heterocycles. The number of nitrogens with zero attached hydrogens (tertiary/aromatic N) is 2. The molecule has 0 unspecified atom stereocenters. The maximum atomic E-state index is 12.1. The molecular formula is C20H24Cl2N2O5. The fraction of sp³-hybridized carbons (Fsp3) is 0.300. The van der Waals surface area contributed by atoms with E-state index in [-0.39, 0.29) is 43.0 Å². The molecule has 0 spiro atoms. The second-order valence-electron chi connectivity index (χ2n) is 5.46. The molecule has 0 N–H and O–H groups in total. The number of aromatic nitrogens is 2. The zero-order valence-electron chi connectivity index (χ0n) is 16.2. The van der Waals surface area contributed by atoms with Gasteiger partial charge >= 0.3 is 5.97 Å². The summed E-state index contributed by atoms with van der Waals surface area (Å²) in [5.41, 5.74) is 1.05. The summed E-state index contributed by atoms with van der Waals surface area (Å²) in [5.74, 6) is 0.546. The lowest BCUT2D eigenvalue weighted by Crippen LogP contribution is -2.07. The number of methoxy groups -OCH3 is 1. The number of carbonyl (C=O) groups excluding carboxylic acids is 2. The van der Waals surface area contributed by atoms with Crippen LogP contribution in [0.5, 0.6) is 11.5 Å². The largest absolute Gasteiger partial charge is 0.491 e. The quantitative estimate of drug-likeness (QED) is 0.238. The van der Waals surface area contributed by atoms with Crippen molar-refractivity contribution in [3.8, 4) is 11.5 Å². The van der Waals surface area contributed by atoms with Crippen molar-refractivity contribution in [1.29, 1.82) is 0 Å². The van der Waals surface area contributed by atoms with Crippen LogP contribution in [0, 0.1) is 0 Å². The molecule has 7 nitrogen and oxygen atoms in total. The zero-order chi connectivity index (χ0) is 19.5. The third kappa shape index (κ3) is 8.93. The van der Waals surface area contributed by atoms with Crippen LogP contribution in [0.15, 0.2) is 42.9 Å². The molecule has 0 saturated carbocycles. The SMILES string of the molecule is CCOC(=O)CCCOc1cc(/C=C/C(=O)c2cccnc2)ncc1OC.Cl.Cl. The maximum absolute atomic E-state index is 12.1. The predicted octanol–water partition coefficient (Wildman–Crippen LogP) is 3.95. The lowest BCUT2D eigenvalue weighted by Gasteiger charge is -2.10. The summed E-state index contributed by atoms with van der Waals surface area (Å²) in [4.78, 5) is 31.6. The van der Waals surface area contributed by atoms with Gasteiger partial charge in [-0.1, -0.05) is 0 Å². The van der Waals surface area contributed by atoms with E-state index in [4.69, 9.17) is 14.2 Å². The molecule has 0 aromatic carbocycles. The number of ketones is 1. The molecule has 0 bridgehead atoms. The predicted molar refractivity (Wildman–Crippen MR) is 114 cm³/mol. The second kappa shape index (κ2) is 14.4. The van der Waals surface area contributed by atoms with Gasteiger partial charge < -0.3 is 14.2 Å². The average molecular weight is 443 g/mol. The summed E-state index contributed by atoms with van der Waals surface area (Å²) in [7, 11) is 1.52. The number of allylic oxidation sites excluding steroid dienone is 1. The van der Waals surface area contributed by atoms with E-state index in [9.17, 15) is 9.59 Å². The Morgan fingerprint density at radius 1 is 1.17 bits per heavy atom. The van der Waals surface area contributed by atoms with Crippen molar-refractivity contribution >= 4 is 42.6 Å². The number of pyridine rings is 2. The van der Waals surface area contributed by atoms with Crippen molar-refractivity contribution in [1.82, 2.24) is 9.97 Å². The van der Waals surface area contributed by atoms with Crippen LogP contribution >= 0.6 is 24.8 Å².